The molecule has 0 bridgehead atoms. The van der Waals surface area contributed by atoms with E-state index in [-0.39, 0.29) is 11.9 Å². The predicted octanol–water partition coefficient (Wildman–Crippen LogP) is 2.22. The topological polar surface area (TPSA) is 74.8 Å². The maximum absolute atomic E-state index is 12.7. The Bertz CT molecular complexity index is 601. The van der Waals surface area contributed by atoms with Crippen molar-refractivity contribution in [3.8, 4) is 0 Å². The van der Waals surface area contributed by atoms with E-state index in [2.05, 4.69) is 20.2 Å². The van der Waals surface area contributed by atoms with Crippen LogP contribution >= 0.6 is 11.6 Å². The third kappa shape index (κ3) is 2.38. The van der Waals surface area contributed by atoms with Crippen molar-refractivity contribution in [1.82, 2.24) is 25.1 Å². The Kier molecular flexibility index (Phi) is 3.64. The van der Waals surface area contributed by atoms with E-state index < -0.39 is 0 Å². The second-order valence-corrected chi connectivity index (χ2v) is 5.14. The standard InChI is InChI=1S/C13H14ClN5O/c14-10-7-15-5-4-9(10)13(20)19-6-2-1-3-11(19)12-16-8-17-18-12/h4-5,7-8,11H,1-3,6H2,(H,16,17,18). The lowest BCUT2D eigenvalue weighted by molar-refractivity contribution is 0.0600. The molecule has 20 heavy (non-hydrogen) atoms. The van der Waals surface area contributed by atoms with Crippen LogP contribution in [-0.4, -0.2) is 37.5 Å². The van der Waals surface area contributed by atoms with Crippen molar-refractivity contribution < 1.29 is 4.79 Å². The minimum atomic E-state index is -0.0847. The number of carbonyl (C=O) groups is 1. The van der Waals surface area contributed by atoms with Gasteiger partial charge in [0.1, 0.15) is 12.2 Å². The van der Waals surface area contributed by atoms with E-state index in [4.69, 9.17) is 11.6 Å². The number of H-pyrrole nitrogens is 1. The third-order valence-corrected chi connectivity index (χ3v) is 3.82. The lowest BCUT2D eigenvalue weighted by Gasteiger charge is -2.34. The molecule has 3 rings (SSSR count). The van der Waals surface area contributed by atoms with Crippen LogP contribution in [-0.2, 0) is 0 Å². The van der Waals surface area contributed by atoms with Gasteiger partial charge in [0.05, 0.1) is 16.6 Å². The monoisotopic (exact) mass is 291 g/mol. The summed E-state index contributed by atoms with van der Waals surface area (Å²) in [7, 11) is 0. The highest BCUT2D eigenvalue weighted by molar-refractivity contribution is 6.33. The Hall–Kier alpha value is -1.95. The molecule has 6 nitrogen and oxygen atoms in total. The largest absolute Gasteiger partial charge is 0.328 e. The molecule has 1 fully saturated rings. The Morgan fingerprint density at radius 2 is 2.35 bits per heavy atom. The summed E-state index contributed by atoms with van der Waals surface area (Å²) in [5.41, 5.74) is 0.480. The molecule has 3 heterocycles. The quantitative estimate of drug-likeness (QED) is 0.920. The zero-order valence-corrected chi connectivity index (χ0v) is 11.5. The number of carbonyl (C=O) groups excluding carboxylic acids is 1. The van der Waals surface area contributed by atoms with Crippen molar-refractivity contribution in [1.29, 1.82) is 0 Å². The van der Waals surface area contributed by atoms with E-state index in [1.54, 1.807) is 12.3 Å². The number of rotatable bonds is 2. The van der Waals surface area contributed by atoms with Gasteiger partial charge in [-0.1, -0.05) is 11.6 Å². The number of nitrogens with one attached hydrogen (secondary N) is 1. The molecular formula is C13H14ClN5O. The first-order valence-corrected chi connectivity index (χ1v) is 6.91. The van der Waals surface area contributed by atoms with Crippen LogP contribution in [0.2, 0.25) is 5.02 Å². The van der Waals surface area contributed by atoms with Crippen molar-refractivity contribution in [3.63, 3.8) is 0 Å². The molecule has 1 N–H and O–H groups in total. The second-order valence-electron chi connectivity index (χ2n) is 4.74. The molecule has 0 radical (unpaired) electrons. The fourth-order valence-electron chi connectivity index (χ4n) is 2.54. The number of aromatic amines is 1. The average molecular weight is 292 g/mol. The number of aromatic nitrogens is 4. The number of halogens is 1. The van der Waals surface area contributed by atoms with Crippen LogP contribution < -0.4 is 0 Å². The van der Waals surface area contributed by atoms with Crippen LogP contribution in [0.4, 0.5) is 0 Å². The summed E-state index contributed by atoms with van der Waals surface area (Å²) in [6.45, 7) is 0.697. The molecule has 1 unspecified atom stereocenters. The summed E-state index contributed by atoms with van der Waals surface area (Å²) in [6.07, 6.45) is 7.46. The molecule has 0 aliphatic carbocycles. The van der Waals surface area contributed by atoms with Gasteiger partial charge in [0.15, 0.2) is 0 Å². The summed E-state index contributed by atoms with van der Waals surface area (Å²) < 4.78 is 0. The van der Waals surface area contributed by atoms with Crippen LogP contribution in [0, 0.1) is 0 Å². The van der Waals surface area contributed by atoms with Crippen molar-refractivity contribution in [2.24, 2.45) is 0 Å². The molecule has 2 aromatic rings. The van der Waals surface area contributed by atoms with Gasteiger partial charge in [0, 0.05) is 18.9 Å². The highest BCUT2D eigenvalue weighted by Crippen LogP contribution is 2.30. The first-order chi connectivity index (χ1) is 9.77. The van der Waals surface area contributed by atoms with Gasteiger partial charge in [-0.2, -0.15) is 5.10 Å². The zero-order valence-electron chi connectivity index (χ0n) is 10.8. The van der Waals surface area contributed by atoms with Crippen LogP contribution in [0.1, 0.15) is 41.5 Å². The van der Waals surface area contributed by atoms with Gasteiger partial charge in [0.2, 0.25) is 0 Å². The van der Waals surface area contributed by atoms with Crippen molar-refractivity contribution >= 4 is 17.5 Å². The van der Waals surface area contributed by atoms with Gasteiger partial charge >= 0.3 is 0 Å². The molecule has 0 saturated carbocycles. The molecule has 0 aromatic carbocycles. The Labute approximate surface area is 121 Å². The Morgan fingerprint density at radius 1 is 1.45 bits per heavy atom. The van der Waals surface area contributed by atoms with Gasteiger partial charge in [0.25, 0.3) is 5.91 Å². The summed E-state index contributed by atoms with van der Waals surface area (Å²) in [5.74, 6) is 0.640. The van der Waals surface area contributed by atoms with Gasteiger partial charge in [-0.05, 0) is 25.3 Å². The molecule has 0 spiro atoms. The smallest absolute Gasteiger partial charge is 0.256 e. The highest BCUT2D eigenvalue weighted by Gasteiger charge is 2.31. The fourth-order valence-corrected chi connectivity index (χ4v) is 2.74. The Balaban J connectivity index is 1.90. The van der Waals surface area contributed by atoms with E-state index in [1.165, 1.54) is 12.5 Å². The maximum atomic E-state index is 12.7. The van der Waals surface area contributed by atoms with E-state index >= 15 is 0 Å². The number of pyridine rings is 1. The minimum absolute atomic E-state index is 0.0667. The van der Waals surface area contributed by atoms with E-state index in [0.29, 0.717) is 17.1 Å². The predicted molar refractivity (Wildman–Crippen MR) is 73.3 cm³/mol. The first kappa shape index (κ1) is 13.1. The molecule has 1 atom stereocenters. The molecule has 1 aliphatic heterocycles. The number of nitrogens with zero attached hydrogens (tertiary/aromatic N) is 4. The highest BCUT2D eigenvalue weighted by atomic mass is 35.5. The van der Waals surface area contributed by atoms with Crippen LogP contribution in [0.25, 0.3) is 0 Å². The third-order valence-electron chi connectivity index (χ3n) is 3.52. The lowest BCUT2D eigenvalue weighted by atomic mass is 10.0. The molecule has 2 aromatic heterocycles. The van der Waals surface area contributed by atoms with Crippen molar-refractivity contribution in [2.75, 3.05) is 6.54 Å². The SMILES string of the molecule is O=C(c1ccncc1Cl)N1CCCCC1c1ncn[nH]1. The van der Waals surface area contributed by atoms with Gasteiger partial charge in [-0.3, -0.25) is 14.9 Å². The molecular weight excluding hydrogens is 278 g/mol. The van der Waals surface area contributed by atoms with Crippen LogP contribution in [0.3, 0.4) is 0 Å². The first-order valence-electron chi connectivity index (χ1n) is 6.53. The number of hydrogen-bond donors (Lipinski definition) is 1. The molecule has 7 heteroatoms. The zero-order chi connectivity index (χ0) is 13.9. The van der Waals surface area contributed by atoms with E-state index in [9.17, 15) is 4.79 Å². The van der Waals surface area contributed by atoms with Gasteiger partial charge < -0.3 is 4.90 Å². The summed E-state index contributed by atoms with van der Waals surface area (Å²) in [6, 6.07) is 1.58. The summed E-state index contributed by atoms with van der Waals surface area (Å²) in [4.78, 5) is 22.6. The van der Waals surface area contributed by atoms with Gasteiger partial charge in [-0.25, -0.2) is 4.98 Å². The number of hydrogen-bond acceptors (Lipinski definition) is 4. The van der Waals surface area contributed by atoms with Crippen molar-refractivity contribution in [2.45, 2.75) is 25.3 Å². The van der Waals surface area contributed by atoms with Crippen LogP contribution in [0.15, 0.2) is 24.8 Å². The van der Waals surface area contributed by atoms with E-state index in [0.717, 1.165) is 25.1 Å². The number of amides is 1. The minimum Gasteiger partial charge on any atom is -0.328 e. The van der Waals surface area contributed by atoms with Crippen LogP contribution in [0.5, 0.6) is 0 Å². The molecule has 1 amide bonds. The average Bonchev–Trinajstić information content (AvgIpc) is 3.01. The van der Waals surface area contributed by atoms with E-state index in [1.807, 2.05) is 4.90 Å². The molecule has 1 saturated heterocycles. The summed E-state index contributed by atoms with van der Waals surface area (Å²) in [5, 5.41) is 7.10. The number of likely N-dealkylation sites (tertiary alicyclic amines) is 1. The second kappa shape index (κ2) is 5.58. The maximum Gasteiger partial charge on any atom is 0.256 e. The molecule has 1 aliphatic rings. The number of piperidine rings is 1. The summed E-state index contributed by atoms with van der Waals surface area (Å²) >= 11 is 6.07. The molecule has 104 valence electrons. The normalized spacial score (nSPS) is 19.1. The van der Waals surface area contributed by atoms with Gasteiger partial charge in [-0.15, -0.1) is 0 Å². The Morgan fingerprint density at radius 3 is 3.10 bits per heavy atom. The fraction of sp³-hybridized carbons (Fsp3) is 0.385. The lowest BCUT2D eigenvalue weighted by Crippen LogP contribution is -2.39. The van der Waals surface area contributed by atoms with Crippen molar-refractivity contribution in [3.05, 3.63) is 41.2 Å².